The molecule has 0 aromatic heterocycles. The largest absolute Gasteiger partial charge is 0.496 e. The molecule has 0 amide bonds. The summed E-state index contributed by atoms with van der Waals surface area (Å²) in [7, 11) is 1.66. The highest BCUT2D eigenvalue weighted by molar-refractivity contribution is 5.87. The lowest BCUT2D eigenvalue weighted by atomic mass is 9.84. The van der Waals surface area contributed by atoms with Crippen molar-refractivity contribution in [2.45, 2.75) is 50.6 Å². The molecule has 1 heterocycles. The Morgan fingerprint density at radius 2 is 2.10 bits per heavy atom. The van der Waals surface area contributed by atoms with E-state index in [1.54, 1.807) is 7.11 Å². The van der Waals surface area contributed by atoms with Crippen molar-refractivity contribution in [2.24, 2.45) is 5.92 Å². The average molecular weight is 273 g/mol. The summed E-state index contributed by atoms with van der Waals surface area (Å²) in [5, 5.41) is 3.56. The molecule has 20 heavy (non-hydrogen) atoms. The fourth-order valence-electron chi connectivity index (χ4n) is 3.72. The lowest BCUT2D eigenvalue weighted by Gasteiger charge is -2.24. The third-order valence-electron chi connectivity index (χ3n) is 4.81. The molecule has 0 radical (unpaired) electrons. The summed E-state index contributed by atoms with van der Waals surface area (Å²) in [5.41, 5.74) is 0.997. The maximum atomic E-state index is 12.5. The number of nitrogens with one attached hydrogen (secondary N) is 1. The first-order valence-electron chi connectivity index (χ1n) is 7.68. The minimum absolute atomic E-state index is 0.0491. The van der Waals surface area contributed by atoms with Gasteiger partial charge in [0, 0.05) is 18.0 Å². The molecule has 1 aromatic rings. The van der Waals surface area contributed by atoms with Crippen molar-refractivity contribution < 1.29 is 9.53 Å². The Balaban J connectivity index is 1.65. The quantitative estimate of drug-likeness (QED) is 0.916. The normalized spacial score (nSPS) is 28.9. The minimum Gasteiger partial charge on any atom is -0.496 e. The standard InChI is InChI=1S/C17H23NO2/c1-20-17-9-5-3-7-13(17)11-16(19)15-10-12-6-2-4-8-14(12)18-15/h3,5,7,9,12,14-15,18H,2,4,6,8,10-11H2,1H3. The predicted octanol–water partition coefficient (Wildman–Crippen LogP) is 2.73. The number of carbonyl (C=O) groups excluding carboxylic acids is 1. The van der Waals surface area contributed by atoms with Gasteiger partial charge in [-0.2, -0.15) is 0 Å². The van der Waals surface area contributed by atoms with Gasteiger partial charge in [-0.3, -0.25) is 4.79 Å². The Morgan fingerprint density at radius 3 is 2.90 bits per heavy atom. The molecule has 2 fully saturated rings. The first kappa shape index (κ1) is 13.6. The summed E-state index contributed by atoms with van der Waals surface area (Å²) >= 11 is 0. The van der Waals surface area contributed by atoms with Gasteiger partial charge in [-0.25, -0.2) is 0 Å². The second-order valence-electron chi connectivity index (χ2n) is 6.06. The SMILES string of the molecule is COc1ccccc1CC(=O)C1CC2CCCCC2N1. The van der Waals surface area contributed by atoms with Crippen LogP contribution in [0.4, 0.5) is 0 Å². The van der Waals surface area contributed by atoms with Crippen LogP contribution in [0.2, 0.25) is 0 Å². The van der Waals surface area contributed by atoms with Crippen molar-refractivity contribution in [3.8, 4) is 5.75 Å². The average Bonchev–Trinajstić information content (AvgIpc) is 2.92. The van der Waals surface area contributed by atoms with Crippen LogP contribution in [-0.4, -0.2) is 25.0 Å². The first-order valence-corrected chi connectivity index (χ1v) is 7.68. The topological polar surface area (TPSA) is 38.3 Å². The number of Topliss-reactive ketones (excluding diaryl/α,β-unsaturated/α-hetero) is 1. The van der Waals surface area contributed by atoms with Crippen molar-refractivity contribution in [3.05, 3.63) is 29.8 Å². The molecular formula is C17H23NO2. The van der Waals surface area contributed by atoms with Gasteiger partial charge in [0.15, 0.2) is 5.78 Å². The van der Waals surface area contributed by atoms with Crippen LogP contribution in [0.15, 0.2) is 24.3 Å². The number of rotatable bonds is 4. The van der Waals surface area contributed by atoms with Gasteiger partial charge in [0.2, 0.25) is 0 Å². The van der Waals surface area contributed by atoms with E-state index in [-0.39, 0.29) is 6.04 Å². The van der Waals surface area contributed by atoms with Crippen molar-refractivity contribution >= 4 is 5.78 Å². The van der Waals surface area contributed by atoms with Crippen LogP contribution in [0.5, 0.6) is 5.75 Å². The van der Waals surface area contributed by atoms with Crippen LogP contribution in [0, 0.1) is 5.92 Å². The van der Waals surface area contributed by atoms with Gasteiger partial charge in [-0.15, -0.1) is 0 Å². The molecule has 3 atom stereocenters. The summed E-state index contributed by atoms with van der Waals surface area (Å²) in [6.07, 6.45) is 6.66. The third kappa shape index (κ3) is 2.73. The fraction of sp³-hybridized carbons (Fsp3) is 0.588. The number of hydrogen-bond donors (Lipinski definition) is 1. The lowest BCUT2D eigenvalue weighted by molar-refractivity contribution is -0.120. The third-order valence-corrected chi connectivity index (χ3v) is 4.81. The summed E-state index contributed by atoms with van der Waals surface area (Å²) in [6.45, 7) is 0. The number of para-hydroxylation sites is 1. The molecule has 0 spiro atoms. The maximum Gasteiger partial charge on any atom is 0.154 e. The van der Waals surface area contributed by atoms with E-state index < -0.39 is 0 Å². The number of fused-ring (bicyclic) bond motifs is 1. The molecule has 108 valence electrons. The molecule has 3 nitrogen and oxygen atoms in total. The molecule has 3 unspecified atom stereocenters. The Labute approximate surface area is 120 Å². The van der Waals surface area contributed by atoms with E-state index in [0.29, 0.717) is 18.2 Å². The van der Waals surface area contributed by atoms with Crippen molar-refractivity contribution in [3.63, 3.8) is 0 Å². The van der Waals surface area contributed by atoms with E-state index in [2.05, 4.69) is 5.32 Å². The van der Waals surface area contributed by atoms with Gasteiger partial charge < -0.3 is 10.1 Å². The number of ketones is 1. The zero-order valence-corrected chi connectivity index (χ0v) is 12.1. The number of benzene rings is 1. The van der Waals surface area contributed by atoms with Crippen molar-refractivity contribution in [1.29, 1.82) is 0 Å². The fourth-order valence-corrected chi connectivity index (χ4v) is 3.72. The zero-order chi connectivity index (χ0) is 13.9. The zero-order valence-electron chi connectivity index (χ0n) is 12.1. The van der Waals surface area contributed by atoms with Gasteiger partial charge in [0.05, 0.1) is 13.2 Å². The second-order valence-corrected chi connectivity index (χ2v) is 6.06. The predicted molar refractivity (Wildman–Crippen MR) is 79.0 cm³/mol. The van der Waals surface area contributed by atoms with Gasteiger partial charge in [-0.05, 0) is 31.2 Å². The number of carbonyl (C=O) groups is 1. The summed E-state index contributed by atoms with van der Waals surface area (Å²) < 4.78 is 5.33. The summed E-state index contributed by atoms with van der Waals surface area (Å²) in [6, 6.07) is 8.44. The first-order chi connectivity index (χ1) is 9.78. The molecule has 2 aliphatic rings. The second kappa shape index (κ2) is 5.96. The highest BCUT2D eigenvalue weighted by Gasteiger charge is 2.37. The smallest absolute Gasteiger partial charge is 0.154 e. The molecular weight excluding hydrogens is 250 g/mol. The van der Waals surface area contributed by atoms with Crippen LogP contribution in [-0.2, 0) is 11.2 Å². The van der Waals surface area contributed by atoms with E-state index in [9.17, 15) is 4.79 Å². The molecule has 3 rings (SSSR count). The van der Waals surface area contributed by atoms with Gasteiger partial charge in [0.1, 0.15) is 5.75 Å². The van der Waals surface area contributed by atoms with Crippen LogP contribution >= 0.6 is 0 Å². The van der Waals surface area contributed by atoms with Crippen LogP contribution in [0.25, 0.3) is 0 Å². The minimum atomic E-state index is 0.0491. The van der Waals surface area contributed by atoms with Crippen molar-refractivity contribution in [2.75, 3.05) is 7.11 Å². The Bertz CT molecular complexity index is 472. The van der Waals surface area contributed by atoms with Crippen molar-refractivity contribution in [1.82, 2.24) is 5.32 Å². The Morgan fingerprint density at radius 1 is 1.30 bits per heavy atom. The molecule has 1 saturated carbocycles. The van der Waals surface area contributed by atoms with E-state index in [1.165, 1.54) is 25.7 Å². The lowest BCUT2D eigenvalue weighted by Crippen LogP contribution is -2.37. The van der Waals surface area contributed by atoms with Crippen LogP contribution in [0.1, 0.15) is 37.7 Å². The number of methoxy groups -OCH3 is 1. The Kier molecular flexibility index (Phi) is 4.06. The number of ether oxygens (including phenoxy) is 1. The summed E-state index contributed by atoms with van der Waals surface area (Å²) in [5.74, 6) is 1.84. The highest BCUT2D eigenvalue weighted by atomic mass is 16.5. The van der Waals surface area contributed by atoms with Crippen LogP contribution in [0.3, 0.4) is 0 Å². The monoisotopic (exact) mass is 273 g/mol. The maximum absolute atomic E-state index is 12.5. The van der Waals surface area contributed by atoms with E-state index in [0.717, 1.165) is 23.7 Å². The van der Waals surface area contributed by atoms with Crippen LogP contribution < -0.4 is 10.1 Å². The molecule has 1 aliphatic carbocycles. The van der Waals surface area contributed by atoms with E-state index in [4.69, 9.17) is 4.74 Å². The molecule has 1 N–H and O–H groups in total. The number of hydrogen-bond acceptors (Lipinski definition) is 3. The molecule has 1 aromatic carbocycles. The molecule has 1 aliphatic heterocycles. The van der Waals surface area contributed by atoms with Gasteiger partial charge in [0.25, 0.3) is 0 Å². The Hall–Kier alpha value is -1.35. The summed E-state index contributed by atoms with van der Waals surface area (Å²) in [4.78, 5) is 12.5. The highest BCUT2D eigenvalue weighted by Crippen LogP contribution is 2.34. The molecule has 1 saturated heterocycles. The van der Waals surface area contributed by atoms with Gasteiger partial charge >= 0.3 is 0 Å². The molecule has 0 bridgehead atoms. The van der Waals surface area contributed by atoms with Gasteiger partial charge in [-0.1, -0.05) is 31.0 Å². The van der Waals surface area contributed by atoms with E-state index >= 15 is 0 Å². The molecule has 3 heteroatoms. The van der Waals surface area contributed by atoms with E-state index in [1.807, 2.05) is 24.3 Å².